The lowest BCUT2D eigenvalue weighted by molar-refractivity contribution is -0.126. The first-order valence-corrected chi connectivity index (χ1v) is 10.5. The molecule has 1 aromatic heterocycles. The van der Waals surface area contributed by atoms with Crippen LogP contribution in [0.15, 0.2) is 21.8 Å². The van der Waals surface area contributed by atoms with Crippen LogP contribution in [0.2, 0.25) is 0 Å². The van der Waals surface area contributed by atoms with Gasteiger partial charge in [0.25, 0.3) is 0 Å². The second-order valence-corrected chi connectivity index (χ2v) is 8.12. The van der Waals surface area contributed by atoms with Crippen molar-refractivity contribution in [3.05, 3.63) is 18.0 Å². The Morgan fingerprint density at radius 1 is 1.33 bits per heavy atom. The third-order valence-electron chi connectivity index (χ3n) is 6.75. The SMILES string of the molecule is CCOC1CC(NC(=NC)N2CCN(Cc3ccon3)CC2)C12CCCC2. The average Bonchev–Trinajstić information content (AvgIpc) is 3.38. The van der Waals surface area contributed by atoms with Crippen LogP contribution < -0.4 is 5.32 Å². The summed E-state index contributed by atoms with van der Waals surface area (Å²) in [7, 11) is 1.91. The van der Waals surface area contributed by atoms with Crippen molar-refractivity contribution in [2.24, 2.45) is 10.4 Å². The standard InChI is InChI=1S/C20H33N5O2/c1-3-26-18-14-17(20(18)7-4-5-8-20)22-19(21-2)25-11-9-24(10-12-25)15-16-6-13-27-23-16/h6,13,17-18H,3-5,7-12,14-15H2,1-2H3,(H,21,22). The molecule has 150 valence electrons. The minimum atomic E-state index is 0.334. The third-order valence-corrected chi connectivity index (χ3v) is 6.75. The Balaban J connectivity index is 1.31. The van der Waals surface area contributed by atoms with Crippen LogP contribution in [-0.4, -0.2) is 72.9 Å². The smallest absolute Gasteiger partial charge is 0.193 e. The summed E-state index contributed by atoms with van der Waals surface area (Å²) in [4.78, 5) is 9.43. The van der Waals surface area contributed by atoms with Gasteiger partial charge in [0.15, 0.2) is 5.96 Å². The van der Waals surface area contributed by atoms with E-state index in [4.69, 9.17) is 9.26 Å². The fraction of sp³-hybridized carbons (Fsp3) is 0.800. The van der Waals surface area contributed by atoms with E-state index in [9.17, 15) is 0 Å². The molecular weight excluding hydrogens is 342 g/mol. The van der Waals surface area contributed by atoms with Gasteiger partial charge >= 0.3 is 0 Å². The van der Waals surface area contributed by atoms with E-state index in [1.54, 1.807) is 6.26 Å². The van der Waals surface area contributed by atoms with Crippen molar-refractivity contribution in [3.8, 4) is 0 Å². The molecule has 1 aliphatic heterocycles. The summed E-state index contributed by atoms with van der Waals surface area (Å²) in [5.41, 5.74) is 1.34. The molecular formula is C20H33N5O2. The number of ether oxygens (including phenoxy) is 1. The van der Waals surface area contributed by atoms with Crippen molar-refractivity contribution in [1.82, 2.24) is 20.3 Å². The molecule has 1 saturated heterocycles. The monoisotopic (exact) mass is 375 g/mol. The summed E-state index contributed by atoms with van der Waals surface area (Å²) < 4.78 is 11.0. The first kappa shape index (κ1) is 18.7. The van der Waals surface area contributed by atoms with E-state index >= 15 is 0 Å². The van der Waals surface area contributed by atoms with Gasteiger partial charge < -0.3 is 19.5 Å². The minimum Gasteiger partial charge on any atom is -0.378 e. The molecule has 0 bridgehead atoms. The number of rotatable bonds is 5. The van der Waals surface area contributed by atoms with Gasteiger partial charge in [0.05, 0.1) is 11.8 Å². The van der Waals surface area contributed by atoms with Crippen LogP contribution in [-0.2, 0) is 11.3 Å². The van der Waals surface area contributed by atoms with E-state index in [2.05, 4.69) is 32.2 Å². The molecule has 27 heavy (non-hydrogen) atoms. The zero-order valence-corrected chi connectivity index (χ0v) is 16.7. The molecule has 1 aromatic rings. The number of hydrogen-bond acceptors (Lipinski definition) is 5. The highest BCUT2D eigenvalue weighted by Gasteiger charge is 2.57. The zero-order chi connectivity index (χ0) is 18.7. The van der Waals surface area contributed by atoms with Crippen LogP contribution in [0, 0.1) is 5.41 Å². The number of piperazine rings is 1. The Kier molecular flexibility index (Phi) is 5.68. The highest BCUT2D eigenvalue weighted by atomic mass is 16.5. The summed E-state index contributed by atoms with van der Waals surface area (Å²) in [6, 6.07) is 2.45. The highest BCUT2D eigenvalue weighted by Crippen LogP contribution is 2.54. The fourth-order valence-electron chi connectivity index (χ4n) is 5.21. The Morgan fingerprint density at radius 2 is 2.11 bits per heavy atom. The molecule has 0 amide bonds. The Labute approximate surface area is 162 Å². The third kappa shape index (κ3) is 3.72. The van der Waals surface area contributed by atoms with E-state index in [0.717, 1.165) is 57.4 Å². The maximum Gasteiger partial charge on any atom is 0.193 e. The van der Waals surface area contributed by atoms with E-state index < -0.39 is 0 Å². The van der Waals surface area contributed by atoms with Gasteiger partial charge in [-0.15, -0.1) is 0 Å². The number of hydrogen-bond donors (Lipinski definition) is 1. The number of aromatic nitrogens is 1. The molecule has 1 spiro atoms. The molecule has 0 radical (unpaired) electrons. The van der Waals surface area contributed by atoms with Crippen LogP contribution in [0.3, 0.4) is 0 Å². The molecule has 0 aromatic carbocycles. The van der Waals surface area contributed by atoms with Crippen molar-refractivity contribution in [2.75, 3.05) is 39.8 Å². The molecule has 2 atom stereocenters. The summed E-state index contributed by atoms with van der Waals surface area (Å²) in [5, 5.41) is 7.83. The number of nitrogens with zero attached hydrogens (tertiary/aromatic N) is 4. The van der Waals surface area contributed by atoms with E-state index in [0.29, 0.717) is 17.6 Å². The predicted molar refractivity (Wildman–Crippen MR) is 105 cm³/mol. The molecule has 2 unspecified atom stereocenters. The van der Waals surface area contributed by atoms with Gasteiger partial charge in [-0.05, 0) is 26.2 Å². The van der Waals surface area contributed by atoms with Crippen molar-refractivity contribution < 1.29 is 9.26 Å². The van der Waals surface area contributed by atoms with Gasteiger partial charge in [-0.2, -0.15) is 0 Å². The van der Waals surface area contributed by atoms with Crippen molar-refractivity contribution in [2.45, 2.75) is 57.7 Å². The molecule has 4 rings (SSSR count). The van der Waals surface area contributed by atoms with Crippen LogP contribution in [0.4, 0.5) is 0 Å². The second-order valence-electron chi connectivity index (χ2n) is 8.12. The van der Waals surface area contributed by atoms with Crippen molar-refractivity contribution in [3.63, 3.8) is 0 Å². The number of aliphatic imine (C=N–C) groups is 1. The quantitative estimate of drug-likeness (QED) is 0.628. The van der Waals surface area contributed by atoms with E-state index in [1.807, 2.05) is 13.1 Å². The molecule has 7 heteroatoms. The zero-order valence-electron chi connectivity index (χ0n) is 16.7. The van der Waals surface area contributed by atoms with Gasteiger partial charge in [0, 0.05) is 63.9 Å². The van der Waals surface area contributed by atoms with E-state index in [-0.39, 0.29) is 0 Å². The maximum absolute atomic E-state index is 6.06. The molecule has 3 aliphatic rings. The highest BCUT2D eigenvalue weighted by molar-refractivity contribution is 5.80. The van der Waals surface area contributed by atoms with Gasteiger partial charge in [0.1, 0.15) is 6.26 Å². The largest absolute Gasteiger partial charge is 0.378 e. The topological polar surface area (TPSA) is 66.1 Å². The molecule has 2 saturated carbocycles. The van der Waals surface area contributed by atoms with Gasteiger partial charge in [-0.25, -0.2) is 0 Å². The van der Waals surface area contributed by atoms with E-state index in [1.165, 1.54) is 25.7 Å². The molecule has 2 aliphatic carbocycles. The molecule has 2 heterocycles. The molecule has 3 fully saturated rings. The normalized spacial score (nSPS) is 28.5. The van der Waals surface area contributed by atoms with Crippen molar-refractivity contribution in [1.29, 1.82) is 0 Å². The van der Waals surface area contributed by atoms with Gasteiger partial charge in [-0.3, -0.25) is 9.89 Å². The summed E-state index contributed by atoms with van der Waals surface area (Å²) >= 11 is 0. The second kappa shape index (κ2) is 8.19. The predicted octanol–water partition coefficient (Wildman–Crippen LogP) is 2.11. The average molecular weight is 376 g/mol. The van der Waals surface area contributed by atoms with Crippen LogP contribution in [0.5, 0.6) is 0 Å². The Hall–Kier alpha value is -1.60. The first-order valence-electron chi connectivity index (χ1n) is 10.5. The lowest BCUT2D eigenvalue weighted by atomic mass is 9.60. The molecule has 1 N–H and O–H groups in total. The van der Waals surface area contributed by atoms with Crippen LogP contribution in [0.1, 0.15) is 44.7 Å². The first-order chi connectivity index (χ1) is 13.2. The van der Waals surface area contributed by atoms with Crippen LogP contribution >= 0.6 is 0 Å². The fourth-order valence-corrected chi connectivity index (χ4v) is 5.21. The Morgan fingerprint density at radius 3 is 2.74 bits per heavy atom. The maximum atomic E-state index is 6.06. The Bertz CT molecular complexity index is 618. The lowest BCUT2D eigenvalue weighted by Crippen LogP contribution is -2.66. The number of nitrogens with one attached hydrogen (secondary N) is 1. The number of guanidine groups is 1. The summed E-state index contributed by atoms with van der Waals surface area (Å²) in [6.45, 7) is 7.81. The van der Waals surface area contributed by atoms with Crippen LogP contribution in [0.25, 0.3) is 0 Å². The molecule has 7 nitrogen and oxygen atoms in total. The lowest BCUT2D eigenvalue weighted by Gasteiger charge is -2.55. The summed E-state index contributed by atoms with van der Waals surface area (Å²) in [6.07, 6.45) is 8.43. The van der Waals surface area contributed by atoms with Gasteiger partial charge in [0.2, 0.25) is 0 Å². The van der Waals surface area contributed by atoms with Gasteiger partial charge in [-0.1, -0.05) is 18.0 Å². The van der Waals surface area contributed by atoms with Crippen molar-refractivity contribution >= 4 is 5.96 Å². The minimum absolute atomic E-state index is 0.334. The summed E-state index contributed by atoms with van der Waals surface area (Å²) in [5.74, 6) is 1.06.